The number of likely N-dealkylation sites (tertiary alicyclic amines) is 1. The zero-order chi connectivity index (χ0) is 31.6. The van der Waals surface area contributed by atoms with Gasteiger partial charge < -0.3 is 19.9 Å². The van der Waals surface area contributed by atoms with Crippen molar-refractivity contribution in [3.05, 3.63) is 89.3 Å². The van der Waals surface area contributed by atoms with Gasteiger partial charge in [0.2, 0.25) is 5.88 Å². The van der Waals surface area contributed by atoms with Gasteiger partial charge in [-0.3, -0.25) is 4.79 Å². The van der Waals surface area contributed by atoms with Crippen LogP contribution < -0.4 is 15.0 Å². The standard InChI is InChI=1S/C32H32F4N6O2/c1-5-29-37-13-10-25(39-29)22-7-6-12-38-31(22)44-28-17-23(24(33)15-19(28)2)30(43)40-26-16-20(32(34,35)36)8-9-27(26)42(4)21-11-14-41(3)18-21/h6-10,12-13,15-17,21H,5,11,14,18H2,1-4H3,(H,40,43)/t21-/m0/s1. The van der Waals surface area contributed by atoms with E-state index in [4.69, 9.17) is 4.74 Å². The normalized spacial score (nSPS) is 15.3. The molecule has 8 nitrogen and oxygen atoms in total. The molecule has 1 aliphatic heterocycles. The van der Waals surface area contributed by atoms with Crippen LogP contribution in [0.2, 0.25) is 0 Å². The Hall–Kier alpha value is -4.58. The molecule has 3 heterocycles. The SMILES string of the molecule is CCc1nccc(-c2cccnc2Oc2cc(C(=O)Nc3cc(C(F)(F)F)ccc3N(C)[C@H]3CCN(C)C3)c(F)cc2C)n1. The van der Waals surface area contributed by atoms with Crippen LogP contribution in [0.5, 0.6) is 11.6 Å². The lowest BCUT2D eigenvalue weighted by molar-refractivity contribution is -0.137. The average Bonchev–Trinajstić information content (AvgIpc) is 3.44. The average molecular weight is 609 g/mol. The fraction of sp³-hybridized carbons (Fsp3) is 0.312. The molecule has 1 fully saturated rings. The Morgan fingerprint density at radius 1 is 1.14 bits per heavy atom. The van der Waals surface area contributed by atoms with E-state index in [9.17, 15) is 18.0 Å². The first-order valence-corrected chi connectivity index (χ1v) is 14.1. The van der Waals surface area contributed by atoms with E-state index in [1.54, 1.807) is 38.4 Å². The molecule has 5 rings (SSSR count). The maximum atomic E-state index is 15.2. The summed E-state index contributed by atoms with van der Waals surface area (Å²) in [5.74, 6) is -0.811. The summed E-state index contributed by atoms with van der Waals surface area (Å²) in [6.07, 6.45) is -0.0445. The Labute approximate surface area is 252 Å². The summed E-state index contributed by atoms with van der Waals surface area (Å²) >= 11 is 0. The minimum Gasteiger partial charge on any atom is -0.438 e. The van der Waals surface area contributed by atoms with E-state index < -0.39 is 29.0 Å². The summed E-state index contributed by atoms with van der Waals surface area (Å²) in [5, 5.41) is 2.53. The molecule has 1 saturated heterocycles. The molecule has 0 bridgehead atoms. The molecular weight excluding hydrogens is 576 g/mol. The Balaban J connectivity index is 1.47. The van der Waals surface area contributed by atoms with Crippen LogP contribution in [0.25, 0.3) is 11.3 Å². The number of nitrogens with one attached hydrogen (secondary N) is 1. The fourth-order valence-corrected chi connectivity index (χ4v) is 5.16. The largest absolute Gasteiger partial charge is 0.438 e. The van der Waals surface area contributed by atoms with Crippen molar-refractivity contribution in [3.63, 3.8) is 0 Å². The van der Waals surface area contributed by atoms with E-state index in [1.165, 1.54) is 18.3 Å². The number of hydrogen-bond acceptors (Lipinski definition) is 7. The fourth-order valence-electron chi connectivity index (χ4n) is 5.16. The summed E-state index contributed by atoms with van der Waals surface area (Å²) in [6.45, 7) is 5.09. The molecule has 4 aromatic rings. The molecule has 1 N–H and O–H groups in total. The lowest BCUT2D eigenvalue weighted by Gasteiger charge is -2.29. The minimum absolute atomic E-state index is 0.0272. The molecule has 12 heteroatoms. The highest BCUT2D eigenvalue weighted by Crippen LogP contribution is 2.38. The molecule has 1 amide bonds. The van der Waals surface area contributed by atoms with Gasteiger partial charge in [0.1, 0.15) is 17.4 Å². The van der Waals surface area contributed by atoms with E-state index in [2.05, 4.69) is 25.2 Å². The van der Waals surface area contributed by atoms with Crippen molar-refractivity contribution in [2.75, 3.05) is 37.4 Å². The van der Waals surface area contributed by atoms with Gasteiger partial charge in [0.25, 0.3) is 5.91 Å². The predicted octanol–water partition coefficient (Wildman–Crippen LogP) is 6.75. The van der Waals surface area contributed by atoms with Crippen LogP contribution in [0.1, 0.15) is 40.7 Å². The Morgan fingerprint density at radius 2 is 1.93 bits per heavy atom. The van der Waals surface area contributed by atoms with Crippen LogP contribution in [0.3, 0.4) is 0 Å². The lowest BCUT2D eigenvalue weighted by Crippen LogP contribution is -2.34. The van der Waals surface area contributed by atoms with Gasteiger partial charge in [-0.15, -0.1) is 0 Å². The summed E-state index contributed by atoms with van der Waals surface area (Å²) in [4.78, 5) is 30.5. The number of hydrogen-bond donors (Lipinski definition) is 1. The van der Waals surface area contributed by atoms with Gasteiger partial charge in [-0.05, 0) is 81.0 Å². The number of anilines is 2. The zero-order valence-corrected chi connectivity index (χ0v) is 24.7. The van der Waals surface area contributed by atoms with Gasteiger partial charge in [0.05, 0.1) is 33.8 Å². The lowest BCUT2D eigenvalue weighted by atomic mass is 10.1. The van der Waals surface area contributed by atoms with Crippen LogP contribution in [0, 0.1) is 12.7 Å². The highest BCUT2D eigenvalue weighted by molar-refractivity contribution is 6.06. The number of ether oxygens (including phenoxy) is 1. The Kier molecular flexibility index (Phi) is 8.82. The number of alkyl halides is 3. The molecule has 44 heavy (non-hydrogen) atoms. The van der Waals surface area contributed by atoms with Crippen LogP contribution in [0.4, 0.5) is 28.9 Å². The van der Waals surface area contributed by atoms with Crippen LogP contribution in [0.15, 0.2) is 60.9 Å². The van der Waals surface area contributed by atoms with Gasteiger partial charge in [-0.1, -0.05) is 6.92 Å². The van der Waals surface area contributed by atoms with Gasteiger partial charge in [0.15, 0.2) is 0 Å². The number of aromatic nitrogens is 3. The maximum Gasteiger partial charge on any atom is 0.416 e. The van der Waals surface area contributed by atoms with Gasteiger partial charge in [-0.25, -0.2) is 19.3 Å². The van der Waals surface area contributed by atoms with Crippen molar-refractivity contribution < 1.29 is 27.1 Å². The molecule has 0 unspecified atom stereocenters. The van der Waals surface area contributed by atoms with Crippen LogP contribution >= 0.6 is 0 Å². The number of likely N-dealkylation sites (N-methyl/N-ethyl adjacent to an activating group) is 2. The number of pyridine rings is 1. The minimum atomic E-state index is -4.64. The second-order valence-corrected chi connectivity index (χ2v) is 10.8. The van der Waals surface area contributed by atoms with Gasteiger partial charge in [0, 0.05) is 38.4 Å². The molecule has 0 radical (unpaired) electrons. The third kappa shape index (κ3) is 6.65. The zero-order valence-electron chi connectivity index (χ0n) is 24.7. The quantitative estimate of drug-likeness (QED) is 0.222. The first kappa shape index (κ1) is 30.9. The number of aryl methyl sites for hydroxylation is 2. The summed E-state index contributed by atoms with van der Waals surface area (Å²) in [6, 6.07) is 10.8. The molecule has 0 saturated carbocycles. The number of rotatable bonds is 8. The number of amides is 1. The molecule has 1 aliphatic rings. The second-order valence-electron chi connectivity index (χ2n) is 10.8. The molecule has 2 aromatic heterocycles. The summed E-state index contributed by atoms with van der Waals surface area (Å²) < 4.78 is 62.3. The van der Waals surface area contributed by atoms with Crippen molar-refractivity contribution >= 4 is 17.3 Å². The Bertz CT molecular complexity index is 1680. The van der Waals surface area contributed by atoms with Crippen LogP contribution in [-0.2, 0) is 12.6 Å². The number of halogens is 4. The highest BCUT2D eigenvalue weighted by atomic mass is 19.4. The first-order chi connectivity index (χ1) is 20.9. The van der Waals surface area contributed by atoms with Crippen LogP contribution in [-0.4, -0.2) is 59.0 Å². The van der Waals surface area contributed by atoms with E-state index in [0.29, 0.717) is 41.3 Å². The Morgan fingerprint density at radius 3 is 2.64 bits per heavy atom. The third-order valence-electron chi connectivity index (χ3n) is 7.65. The number of carbonyl (C=O) groups excluding carboxylic acids is 1. The second kappa shape index (κ2) is 12.6. The van der Waals surface area contributed by atoms with Crippen molar-refractivity contribution in [2.45, 2.75) is 38.9 Å². The van der Waals surface area contributed by atoms with E-state index in [0.717, 1.165) is 31.2 Å². The van der Waals surface area contributed by atoms with Gasteiger partial charge >= 0.3 is 6.18 Å². The molecule has 0 aliphatic carbocycles. The molecule has 230 valence electrons. The summed E-state index contributed by atoms with van der Waals surface area (Å²) in [7, 11) is 3.74. The van der Waals surface area contributed by atoms with Crippen molar-refractivity contribution in [2.24, 2.45) is 0 Å². The molecular formula is C32H32F4N6O2. The van der Waals surface area contributed by atoms with E-state index in [1.807, 2.05) is 18.9 Å². The number of carbonyl (C=O) groups is 1. The van der Waals surface area contributed by atoms with Crippen molar-refractivity contribution in [1.82, 2.24) is 19.9 Å². The monoisotopic (exact) mass is 608 g/mol. The summed E-state index contributed by atoms with van der Waals surface area (Å²) in [5.41, 5.74) is 0.515. The smallest absolute Gasteiger partial charge is 0.416 e. The van der Waals surface area contributed by atoms with E-state index in [-0.39, 0.29) is 23.4 Å². The number of benzene rings is 2. The van der Waals surface area contributed by atoms with Gasteiger partial charge in [-0.2, -0.15) is 13.2 Å². The topological polar surface area (TPSA) is 83.5 Å². The van der Waals surface area contributed by atoms with Crippen molar-refractivity contribution in [1.29, 1.82) is 0 Å². The third-order valence-corrected chi connectivity index (χ3v) is 7.65. The van der Waals surface area contributed by atoms with Crippen molar-refractivity contribution in [3.8, 4) is 22.9 Å². The maximum absolute atomic E-state index is 15.2. The predicted molar refractivity (Wildman–Crippen MR) is 160 cm³/mol. The molecule has 2 aromatic carbocycles. The van der Waals surface area contributed by atoms with E-state index >= 15 is 4.39 Å². The first-order valence-electron chi connectivity index (χ1n) is 14.1. The molecule has 1 atom stereocenters. The highest BCUT2D eigenvalue weighted by Gasteiger charge is 2.33. The molecule has 0 spiro atoms. The number of nitrogens with zero attached hydrogens (tertiary/aromatic N) is 5.